The molecule has 45 heavy (non-hydrogen) atoms. The summed E-state index contributed by atoms with van der Waals surface area (Å²) in [5.74, 6) is 0. The average molecular weight is 591 g/mol. The molecule has 0 heterocycles. The Kier molecular flexibility index (Phi) is 7.23. The zero-order chi connectivity index (χ0) is 30.0. The van der Waals surface area contributed by atoms with Gasteiger partial charge >= 0.3 is 0 Å². The van der Waals surface area contributed by atoms with Crippen molar-refractivity contribution in [2.75, 3.05) is 0 Å². The standard InChI is InChI=1S/C44H30S/c1-3-7-37-25-31(13-17-35(37)5-1)9-11-33-15-19-41-29-43(23-21-39(41)27-33)45-44-24-22-40-28-34(16-20-42(40)30-44)12-10-32-14-18-36-6-2-4-8-38(36)26-32/h1-30H/b11-9+,12-10+. The van der Waals surface area contributed by atoms with Crippen molar-refractivity contribution in [2.45, 2.75) is 9.79 Å². The monoisotopic (exact) mass is 590 g/mol. The van der Waals surface area contributed by atoms with Crippen LogP contribution < -0.4 is 0 Å². The highest BCUT2D eigenvalue weighted by molar-refractivity contribution is 7.99. The third kappa shape index (κ3) is 6.04. The van der Waals surface area contributed by atoms with Crippen molar-refractivity contribution in [3.05, 3.63) is 180 Å². The molecule has 0 N–H and O–H groups in total. The first-order valence-corrected chi connectivity index (χ1v) is 16.1. The zero-order valence-electron chi connectivity index (χ0n) is 24.7. The van der Waals surface area contributed by atoms with Crippen molar-refractivity contribution in [1.29, 1.82) is 0 Å². The molecule has 0 amide bonds. The van der Waals surface area contributed by atoms with Gasteiger partial charge in [-0.05, 0) is 114 Å². The highest BCUT2D eigenvalue weighted by Gasteiger charge is 2.04. The summed E-state index contributed by atoms with van der Waals surface area (Å²) in [4.78, 5) is 2.49. The van der Waals surface area contributed by atoms with Crippen molar-refractivity contribution in [3.63, 3.8) is 0 Å². The van der Waals surface area contributed by atoms with Crippen molar-refractivity contribution < 1.29 is 0 Å². The van der Waals surface area contributed by atoms with E-state index in [4.69, 9.17) is 0 Å². The molecule has 0 aliphatic heterocycles. The molecule has 8 rings (SSSR count). The van der Waals surface area contributed by atoms with Gasteiger partial charge in [0.25, 0.3) is 0 Å². The molecule has 0 saturated carbocycles. The maximum atomic E-state index is 2.29. The molecule has 8 aromatic rings. The average Bonchev–Trinajstić information content (AvgIpc) is 3.09. The van der Waals surface area contributed by atoms with Crippen LogP contribution in [0, 0.1) is 0 Å². The first-order valence-electron chi connectivity index (χ1n) is 15.3. The Morgan fingerprint density at radius 2 is 0.556 bits per heavy atom. The van der Waals surface area contributed by atoms with E-state index in [1.54, 1.807) is 0 Å². The van der Waals surface area contributed by atoms with E-state index in [0.717, 1.165) is 0 Å². The van der Waals surface area contributed by atoms with Crippen LogP contribution in [0.15, 0.2) is 168 Å². The van der Waals surface area contributed by atoms with Crippen LogP contribution in [-0.4, -0.2) is 0 Å². The lowest BCUT2D eigenvalue weighted by Crippen LogP contribution is -1.81. The number of rotatable bonds is 6. The lowest BCUT2D eigenvalue weighted by molar-refractivity contribution is 1.44. The van der Waals surface area contributed by atoms with Crippen LogP contribution in [0.25, 0.3) is 67.4 Å². The molecule has 0 unspecified atom stereocenters. The minimum Gasteiger partial charge on any atom is -0.0901 e. The van der Waals surface area contributed by atoms with Gasteiger partial charge in [0, 0.05) is 9.79 Å². The van der Waals surface area contributed by atoms with Gasteiger partial charge in [-0.25, -0.2) is 0 Å². The summed E-state index contributed by atoms with van der Waals surface area (Å²) in [7, 11) is 0. The molecule has 0 spiro atoms. The van der Waals surface area contributed by atoms with E-state index in [0.29, 0.717) is 0 Å². The molecule has 0 aromatic heterocycles. The van der Waals surface area contributed by atoms with E-state index < -0.39 is 0 Å². The fourth-order valence-corrected chi connectivity index (χ4v) is 6.88. The molecule has 0 fully saturated rings. The van der Waals surface area contributed by atoms with Gasteiger partial charge in [-0.3, -0.25) is 0 Å². The smallest absolute Gasteiger partial charge is 0.0128 e. The first kappa shape index (κ1) is 27.2. The molecule has 0 saturated heterocycles. The molecule has 0 radical (unpaired) electrons. The fraction of sp³-hybridized carbons (Fsp3) is 0. The van der Waals surface area contributed by atoms with Crippen molar-refractivity contribution in [2.24, 2.45) is 0 Å². The third-order valence-electron chi connectivity index (χ3n) is 8.39. The topological polar surface area (TPSA) is 0 Å². The van der Waals surface area contributed by atoms with Crippen LogP contribution in [0.5, 0.6) is 0 Å². The van der Waals surface area contributed by atoms with Gasteiger partial charge in [0.1, 0.15) is 0 Å². The predicted molar refractivity (Wildman–Crippen MR) is 198 cm³/mol. The Balaban J connectivity index is 0.966. The molecule has 0 aliphatic carbocycles. The van der Waals surface area contributed by atoms with E-state index in [-0.39, 0.29) is 0 Å². The van der Waals surface area contributed by atoms with Crippen LogP contribution in [-0.2, 0) is 0 Å². The molecular formula is C44H30S. The quantitative estimate of drug-likeness (QED) is 0.174. The largest absolute Gasteiger partial charge is 0.0901 e. The molecular weight excluding hydrogens is 561 g/mol. The number of hydrogen-bond donors (Lipinski definition) is 0. The van der Waals surface area contributed by atoms with Gasteiger partial charge in [-0.15, -0.1) is 0 Å². The van der Waals surface area contributed by atoms with Gasteiger partial charge in [0.2, 0.25) is 0 Å². The fourth-order valence-electron chi connectivity index (χ4n) is 5.96. The van der Waals surface area contributed by atoms with Crippen LogP contribution in [0.4, 0.5) is 0 Å². The number of fused-ring (bicyclic) bond motifs is 4. The summed E-state index contributed by atoms with van der Waals surface area (Å²) in [6.45, 7) is 0. The van der Waals surface area contributed by atoms with Gasteiger partial charge in [0.15, 0.2) is 0 Å². The summed E-state index contributed by atoms with van der Waals surface area (Å²) in [5.41, 5.74) is 4.84. The Morgan fingerprint density at radius 3 is 0.956 bits per heavy atom. The van der Waals surface area contributed by atoms with E-state index in [2.05, 4.69) is 182 Å². The second kappa shape index (κ2) is 12.0. The van der Waals surface area contributed by atoms with Gasteiger partial charge in [-0.1, -0.05) is 145 Å². The maximum Gasteiger partial charge on any atom is 0.0128 e. The molecule has 0 bridgehead atoms. The van der Waals surface area contributed by atoms with Crippen LogP contribution >= 0.6 is 11.8 Å². The Labute approximate surface area is 268 Å². The predicted octanol–water partition coefficient (Wildman–Crippen LogP) is 12.8. The Bertz CT molecular complexity index is 2240. The van der Waals surface area contributed by atoms with Crippen molar-refractivity contribution >= 4 is 79.2 Å². The second-order valence-corrected chi connectivity index (χ2v) is 12.7. The summed E-state index contributed by atoms with van der Waals surface area (Å²) >= 11 is 1.81. The summed E-state index contributed by atoms with van der Waals surface area (Å²) < 4.78 is 0. The minimum absolute atomic E-state index is 1.21. The molecule has 0 atom stereocenters. The molecule has 1 heteroatoms. The highest BCUT2D eigenvalue weighted by atomic mass is 32.2. The summed E-state index contributed by atoms with van der Waals surface area (Å²) in [6, 6.07) is 57.1. The number of hydrogen-bond acceptors (Lipinski definition) is 1. The molecule has 8 aromatic carbocycles. The maximum absolute atomic E-state index is 2.29. The minimum atomic E-state index is 1.21. The van der Waals surface area contributed by atoms with E-state index in [9.17, 15) is 0 Å². The van der Waals surface area contributed by atoms with Crippen LogP contribution in [0.2, 0.25) is 0 Å². The van der Waals surface area contributed by atoms with Crippen molar-refractivity contribution in [1.82, 2.24) is 0 Å². The van der Waals surface area contributed by atoms with E-state index in [1.165, 1.54) is 75.1 Å². The van der Waals surface area contributed by atoms with Crippen molar-refractivity contribution in [3.8, 4) is 0 Å². The first-order chi connectivity index (χ1) is 22.2. The van der Waals surface area contributed by atoms with Gasteiger partial charge in [0.05, 0.1) is 0 Å². The highest BCUT2D eigenvalue weighted by Crippen LogP contribution is 2.33. The van der Waals surface area contributed by atoms with Crippen LogP contribution in [0.1, 0.15) is 22.3 Å². The molecule has 212 valence electrons. The Morgan fingerprint density at radius 1 is 0.267 bits per heavy atom. The lowest BCUT2D eigenvalue weighted by atomic mass is 10.0. The third-order valence-corrected chi connectivity index (χ3v) is 9.37. The zero-order valence-corrected chi connectivity index (χ0v) is 25.5. The van der Waals surface area contributed by atoms with Crippen LogP contribution in [0.3, 0.4) is 0 Å². The molecule has 0 nitrogen and oxygen atoms in total. The second-order valence-electron chi connectivity index (χ2n) is 11.5. The lowest BCUT2D eigenvalue weighted by Gasteiger charge is -2.07. The Hall–Kier alpha value is -5.37. The van der Waals surface area contributed by atoms with Gasteiger partial charge < -0.3 is 0 Å². The SMILES string of the molecule is C(=C\c1ccc2cc(Sc3ccc4cc(/C=C/c5ccc6ccccc6c5)ccc4c3)ccc2c1)/c1ccc2ccccc2c1. The normalized spacial score (nSPS) is 11.9. The molecule has 0 aliphatic rings. The number of benzene rings is 8. The van der Waals surface area contributed by atoms with E-state index >= 15 is 0 Å². The summed E-state index contributed by atoms with van der Waals surface area (Å²) in [6.07, 6.45) is 8.79. The summed E-state index contributed by atoms with van der Waals surface area (Å²) in [5, 5.41) is 10.1. The van der Waals surface area contributed by atoms with E-state index in [1.807, 2.05) is 11.8 Å². The van der Waals surface area contributed by atoms with Gasteiger partial charge in [-0.2, -0.15) is 0 Å².